The summed E-state index contributed by atoms with van der Waals surface area (Å²) in [6.45, 7) is 5.99. The van der Waals surface area contributed by atoms with Crippen molar-refractivity contribution in [1.82, 2.24) is 0 Å². The molecule has 2 rings (SSSR count). The van der Waals surface area contributed by atoms with Gasteiger partial charge < -0.3 is 15.6 Å². The van der Waals surface area contributed by atoms with Crippen LogP contribution in [0.3, 0.4) is 0 Å². The van der Waals surface area contributed by atoms with E-state index in [1.165, 1.54) is 0 Å². The quantitative estimate of drug-likeness (QED) is 0.886. The maximum absolute atomic E-state index is 11.0. The van der Waals surface area contributed by atoms with Gasteiger partial charge in [0, 0.05) is 6.54 Å². The summed E-state index contributed by atoms with van der Waals surface area (Å²) < 4.78 is 5.86. The van der Waals surface area contributed by atoms with Gasteiger partial charge >= 0.3 is 5.97 Å². The summed E-state index contributed by atoms with van der Waals surface area (Å²) in [6.07, 6.45) is 0. The summed E-state index contributed by atoms with van der Waals surface area (Å²) >= 11 is 0. The number of hydrogen-bond acceptors (Lipinski definition) is 3. The van der Waals surface area contributed by atoms with Crippen LogP contribution in [0, 0.1) is 0 Å². The van der Waals surface area contributed by atoms with Crippen molar-refractivity contribution in [2.45, 2.75) is 32.3 Å². The average Bonchev–Trinajstić information content (AvgIpc) is 2.45. The predicted octanol–water partition coefficient (Wildman–Crippen LogP) is 3.14. The number of aliphatic carboxylic acids is 1. The van der Waals surface area contributed by atoms with Crippen LogP contribution in [0.1, 0.15) is 32.3 Å². The van der Waals surface area contributed by atoms with Gasteiger partial charge in [0.1, 0.15) is 11.4 Å². The molecule has 4 heteroatoms. The monoisotopic (exact) mass is 287 g/mol. The van der Waals surface area contributed by atoms with E-state index in [1.54, 1.807) is 6.92 Å². The third-order valence-electron chi connectivity index (χ3n) is 3.59. The zero-order chi connectivity index (χ0) is 15.6. The lowest BCUT2D eigenvalue weighted by Gasteiger charge is -2.24. The first-order valence-corrected chi connectivity index (χ1v) is 6.98. The molecule has 3 N–H and O–H groups in total. The van der Waals surface area contributed by atoms with Crippen LogP contribution in [0.15, 0.2) is 36.4 Å². The van der Waals surface area contributed by atoms with Crippen LogP contribution in [0.5, 0.6) is 5.75 Å². The summed E-state index contributed by atoms with van der Waals surface area (Å²) in [7, 11) is 0. The molecule has 0 aliphatic heterocycles. The molecule has 0 saturated carbocycles. The number of carboxylic acid groups (broad SMARTS) is 1. The summed E-state index contributed by atoms with van der Waals surface area (Å²) in [6, 6.07) is 11.4. The lowest BCUT2D eigenvalue weighted by molar-refractivity contribution is -0.138. The third kappa shape index (κ3) is 3.52. The first kappa shape index (κ1) is 15.3. The minimum absolute atomic E-state index is 0.411. The van der Waals surface area contributed by atoms with Crippen LogP contribution in [0.4, 0.5) is 0 Å². The molecule has 0 fully saturated rings. The molecule has 21 heavy (non-hydrogen) atoms. The molecule has 0 bridgehead atoms. The molecular formula is C17H21NO3. The van der Waals surface area contributed by atoms with Gasteiger partial charge in [0.25, 0.3) is 0 Å². The van der Waals surface area contributed by atoms with Gasteiger partial charge in [0.15, 0.2) is 0 Å². The molecule has 0 aliphatic carbocycles. The smallest absolute Gasteiger partial charge is 0.310 e. The van der Waals surface area contributed by atoms with Crippen molar-refractivity contribution >= 4 is 16.7 Å². The molecule has 1 atom stereocenters. The summed E-state index contributed by atoms with van der Waals surface area (Å²) in [4.78, 5) is 11.0. The van der Waals surface area contributed by atoms with Crippen molar-refractivity contribution in [3.05, 3.63) is 42.0 Å². The van der Waals surface area contributed by atoms with Crippen molar-refractivity contribution in [3.8, 4) is 5.75 Å². The molecule has 112 valence electrons. The summed E-state index contributed by atoms with van der Waals surface area (Å²) in [5.41, 5.74) is 6.05. The topological polar surface area (TPSA) is 72.5 Å². The Morgan fingerprint density at radius 1 is 1.24 bits per heavy atom. The Hall–Kier alpha value is -2.07. The van der Waals surface area contributed by atoms with Gasteiger partial charge in [-0.05, 0) is 49.2 Å². The zero-order valence-electron chi connectivity index (χ0n) is 12.6. The minimum atomic E-state index is -0.820. The second-order valence-corrected chi connectivity index (χ2v) is 5.89. The number of benzene rings is 2. The fourth-order valence-corrected chi connectivity index (χ4v) is 2.08. The lowest BCUT2D eigenvalue weighted by Crippen LogP contribution is -2.37. The van der Waals surface area contributed by atoms with E-state index in [0.717, 1.165) is 22.1 Å². The van der Waals surface area contributed by atoms with Crippen LogP contribution in [-0.2, 0) is 4.79 Å². The minimum Gasteiger partial charge on any atom is -0.487 e. The number of hydrogen-bond donors (Lipinski definition) is 2. The highest BCUT2D eigenvalue weighted by Gasteiger charge is 2.18. The van der Waals surface area contributed by atoms with Crippen LogP contribution < -0.4 is 10.5 Å². The fourth-order valence-electron chi connectivity index (χ4n) is 2.08. The molecule has 0 heterocycles. The van der Waals surface area contributed by atoms with Gasteiger partial charge in [0.05, 0.1) is 5.92 Å². The first-order valence-electron chi connectivity index (χ1n) is 6.98. The van der Waals surface area contributed by atoms with Crippen molar-refractivity contribution in [1.29, 1.82) is 0 Å². The predicted molar refractivity (Wildman–Crippen MR) is 83.8 cm³/mol. The standard InChI is InChI=1S/C17H21NO3/c1-11(16(19)20)12-4-5-14-9-15(7-6-13(14)8-12)21-17(2,3)10-18/h4-9,11H,10,18H2,1-3H3,(H,19,20)/t11-/m0/s1. The molecule has 4 nitrogen and oxygen atoms in total. The molecule has 0 radical (unpaired) electrons. The van der Waals surface area contributed by atoms with E-state index in [-0.39, 0.29) is 0 Å². The number of carbonyl (C=O) groups is 1. The number of carboxylic acids is 1. The van der Waals surface area contributed by atoms with E-state index in [0.29, 0.717) is 6.54 Å². The number of ether oxygens (including phenoxy) is 1. The molecule has 0 saturated heterocycles. The number of rotatable bonds is 5. The van der Waals surface area contributed by atoms with Gasteiger partial charge in [-0.25, -0.2) is 0 Å². The Kier molecular flexibility index (Phi) is 4.19. The van der Waals surface area contributed by atoms with E-state index >= 15 is 0 Å². The lowest BCUT2D eigenvalue weighted by atomic mass is 9.98. The molecule has 0 spiro atoms. The number of fused-ring (bicyclic) bond motifs is 1. The maximum Gasteiger partial charge on any atom is 0.310 e. The normalized spacial score (nSPS) is 13.1. The Bertz CT molecular complexity index is 664. The van der Waals surface area contributed by atoms with Crippen LogP contribution in [0.25, 0.3) is 10.8 Å². The van der Waals surface area contributed by atoms with E-state index in [4.69, 9.17) is 15.6 Å². The Balaban J connectivity index is 2.34. The van der Waals surface area contributed by atoms with E-state index < -0.39 is 17.5 Å². The van der Waals surface area contributed by atoms with Crippen LogP contribution in [-0.4, -0.2) is 23.2 Å². The molecule has 2 aromatic rings. The first-order chi connectivity index (χ1) is 9.82. The zero-order valence-corrected chi connectivity index (χ0v) is 12.6. The SMILES string of the molecule is C[C@H](C(=O)O)c1ccc2cc(OC(C)(C)CN)ccc2c1. The Morgan fingerprint density at radius 3 is 2.48 bits per heavy atom. The summed E-state index contributed by atoms with van der Waals surface area (Å²) in [5, 5.41) is 11.1. The van der Waals surface area contributed by atoms with Crippen LogP contribution >= 0.6 is 0 Å². The van der Waals surface area contributed by atoms with Gasteiger partial charge in [0.2, 0.25) is 0 Å². The maximum atomic E-state index is 11.0. The van der Waals surface area contributed by atoms with Gasteiger partial charge in [-0.2, -0.15) is 0 Å². The van der Waals surface area contributed by atoms with Crippen molar-refractivity contribution in [2.75, 3.05) is 6.54 Å². The molecular weight excluding hydrogens is 266 g/mol. The van der Waals surface area contributed by atoms with E-state index in [2.05, 4.69) is 0 Å². The van der Waals surface area contributed by atoms with Crippen molar-refractivity contribution in [3.63, 3.8) is 0 Å². The van der Waals surface area contributed by atoms with Crippen LogP contribution in [0.2, 0.25) is 0 Å². The van der Waals surface area contributed by atoms with Gasteiger partial charge in [-0.15, -0.1) is 0 Å². The molecule has 2 aromatic carbocycles. The van der Waals surface area contributed by atoms with E-state index in [9.17, 15) is 4.79 Å². The molecule has 0 aromatic heterocycles. The van der Waals surface area contributed by atoms with Gasteiger partial charge in [-0.1, -0.05) is 24.3 Å². The average molecular weight is 287 g/mol. The molecule has 0 aliphatic rings. The largest absolute Gasteiger partial charge is 0.487 e. The second-order valence-electron chi connectivity index (χ2n) is 5.89. The highest BCUT2D eigenvalue weighted by atomic mass is 16.5. The highest BCUT2D eigenvalue weighted by molar-refractivity contribution is 5.86. The van der Waals surface area contributed by atoms with Crippen molar-refractivity contribution in [2.24, 2.45) is 5.73 Å². The van der Waals surface area contributed by atoms with E-state index in [1.807, 2.05) is 50.2 Å². The van der Waals surface area contributed by atoms with Crippen molar-refractivity contribution < 1.29 is 14.6 Å². The molecule has 0 amide bonds. The highest BCUT2D eigenvalue weighted by Crippen LogP contribution is 2.27. The fraction of sp³-hybridized carbons (Fsp3) is 0.353. The number of nitrogens with two attached hydrogens (primary N) is 1. The van der Waals surface area contributed by atoms with Gasteiger partial charge in [-0.3, -0.25) is 4.79 Å². The Morgan fingerprint density at radius 2 is 1.86 bits per heavy atom. The summed E-state index contributed by atoms with van der Waals surface area (Å²) in [5.74, 6) is -0.572. The molecule has 0 unspecified atom stereocenters. The third-order valence-corrected chi connectivity index (χ3v) is 3.59. The Labute approximate surface area is 124 Å². The second kappa shape index (κ2) is 5.74.